The maximum Gasteiger partial charge on any atom is 0.309 e. The Labute approximate surface area is 164 Å². The quantitative estimate of drug-likeness (QED) is 0.513. The second-order valence-corrected chi connectivity index (χ2v) is 9.23. The Morgan fingerprint density at radius 1 is 1.07 bits per heavy atom. The molecule has 9 heteroatoms. The largest absolute Gasteiger partial charge is 0.455 e. The van der Waals surface area contributed by atoms with Crippen molar-refractivity contribution >= 4 is 27.7 Å². The monoisotopic (exact) mass is 408 g/mol. The van der Waals surface area contributed by atoms with Gasteiger partial charge in [0, 0.05) is 31.7 Å². The molecule has 0 radical (unpaired) electrons. The zero-order valence-electron chi connectivity index (χ0n) is 16.0. The minimum atomic E-state index is -3.69. The van der Waals surface area contributed by atoms with Crippen molar-refractivity contribution in [2.24, 2.45) is 11.8 Å². The molecule has 0 bridgehead atoms. The van der Waals surface area contributed by atoms with Crippen LogP contribution < -0.4 is 0 Å². The van der Waals surface area contributed by atoms with Crippen LogP contribution in [0.4, 0.5) is 0 Å². The summed E-state index contributed by atoms with van der Waals surface area (Å²) in [7, 11) is -3.69. The fourth-order valence-electron chi connectivity index (χ4n) is 3.17. The Hall–Kier alpha value is -2.26. The molecule has 0 unspecified atom stereocenters. The van der Waals surface area contributed by atoms with Crippen molar-refractivity contribution in [3.8, 4) is 0 Å². The number of esters is 1. The van der Waals surface area contributed by atoms with Crippen LogP contribution in [0.15, 0.2) is 29.2 Å². The van der Waals surface area contributed by atoms with Crippen LogP contribution in [-0.4, -0.2) is 68.1 Å². The third kappa shape index (κ3) is 4.41. The Morgan fingerprint density at radius 2 is 1.64 bits per heavy atom. The number of piperazine rings is 1. The molecule has 28 heavy (non-hydrogen) atoms. The number of hydrogen-bond acceptors (Lipinski definition) is 6. The summed E-state index contributed by atoms with van der Waals surface area (Å²) in [6.07, 6.45) is 0.803. The van der Waals surface area contributed by atoms with Gasteiger partial charge >= 0.3 is 5.97 Å². The van der Waals surface area contributed by atoms with Gasteiger partial charge in [0.15, 0.2) is 12.4 Å². The van der Waals surface area contributed by atoms with Gasteiger partial charge in [-0.15, -0.1) is 0 Å². The highest BCUT2D eigenvalue weighted by Crippen LogP contribution is 2.38. The third-order valence-electron chi connectivity index (χ3n) is 5.24. The molecular formula is C19H24N2O6S. The topological polar surface area (TPSA) is 101 Å². The number of carbonyl (C=O) groups excluding carboxylic acids is 3. The number of rotatable bonds is 6. The van der Waals surface area contributed by atoms with E-state index >= 15 is 0 Å². The Balaban J connectivity index is 1.53. The van der Waals surface area contributed by atoms with E-state index in [1.165, 1.54) is 40.4 Å². The Morgan fingerprint density at radius 3 is 2.14 bits per heavy atom. The number of carbonyl (C=O) groups is 3. The molecule has 1 saturated carbocycles. The van der Waals surface area contributed by atoms with Gasteiger partial charge in [-0.2, -0.15) is 4.31 Å². The smallest absolute Gasteiger partial charge is 0.309 e. The minimum Gasteiger partial charge on any atom is -0.455 e. The zero-order chi connectivity index (χ0) is 20.5. The fraction of sp³-hybridized carbons (Fsp3) is 0.526. The van der Waals surface area contributed by atoms with Gasteiger partial charge in [0.2, 0.25) is 10.0 Å². The maximum absolute atomic E-state index is 12.7. The van der Waals surface area contributed by atoms with E-state index in [9.17, 15) is 22.8 Å². The van der Waals surface area contributed by atoms with E-state index in [2.05, 4.69) is 0 Å². The first-order valence-electron chi connectivity index (χ1n) is 9.25. The van der Waals surface area contributed by atoms with Crippen LogP contribution in [0.2, 0.25) is 0 Å². The van der Waals surface area contributed by atoms with Crippen molar-refractivity contribution in [1.82, 2.24) is 9.21 Å². The average Bonchev–Trinajstić information content (AvgIpc) is 3.42. The van der Waals surface area contributed by atoms with E-state index in [0.29, 0.717) is 11.5 Å². The average molecular weight is 408 g/mol. The molecule has 1 aliphatic carbocycles. The zero-order valence-corrected chi connectivity index (χ0v) is 16.8. The van der Waals surface area contributed by atoms with Gasteiger partial charge in [0.05, 0.1) is 10.8 Å². The molecule has 1 aromatic rings. The third-order valence-corrected chi connectivity index (χ3v) is 7.15. The lowest BCUT2D eigenvalue weighted by Crippen LogP contribution is -2.51. The lowest BCUT2D eigenvalue weighted by Gasteiger charge is -2.33. The molecule has 1 amide bonds. The summed E-state index contributed by atoms with van der Waals surface area (Å²) in [6, 6.07) is 5.82. The van der Waals surface area contributed by atoms with Crippen LogP contribution in [0.3, 0.4) is 0 Å². The number of ketones is 1. The summed E-state index contributed by atoms with van der Waals surface area (Å²) in [5.41, 5.74) is 0.449. The highest BCUT2D eigenvalue weighted by Gasteiger charge is 2.41. The molecule has 2 fully saturated rings. The van der Waals surface area contributed by atoms with Gasteiger partial charge in [-0.05, 0) is 31.4 Å². The lowest BCUT2D eigenvalue weighted by atomic mass is 10.2. The molecular weight excluding hydrogens is 384 g/mol. The highest BCUT2D eigenvalue weighted by molar-refractivity contribution is 7.89. The van der Waals surface area contributed by atoms with Crippen molar-refractivity contribution in [3.05, 3.63) is 29.8 Å². The van der Waals surface area contributed by atoms with E-state index in [4.69, 9.17) is 4.74 Å². The normalized spacial score (nSPS) is 22.6. The number of hydrogen-bond donors (Lipinski definition) is 0. The second kappa shape index (κ2) is 8.00. The Kier molecular flexibility index (Phi) is 5.85. The van der Waals surface area contributed by atoms with Crippen LogP contribution in [-0.2, 0) is 24.3 Å². The molecule has 0 N–H and O–H groups in total. The van der Waals surface area contributed by atoms with E-state index in [0.717, 1.165) is 6.42 Å². The molecule has 1 heterocycles. The lowest BCUT2D eigenvalue weighted by molar-refractivity contribution is -0.153. The predicted molar refractivity (Wildman–Crippen MR) is 100 cm³/mol. The molecule has 2 atom stereocenters. The molecule has 152 valence electrons. The SMILES string of the molecule is CC(=O)c1ccc(S(=O)(=O)N2CCN(C(=O)COC(=O)[C@@H]3C[C@H]3C)CC2)cc1. The molecule has 0 aromatic heterocycles. The van der Waals surface area contributed by atoms with E-state index < -0.39 is 10.0 Å². The van der Waals surface area contributed by atoms with Crippen molar-refractivity contribution in [2.75, 3.05) is 32.8 Å². The summed E-state index contributed by atoms with van der Waals surface area (Å²) in [4.78, 5) is 36.9. The molecule has 8 nitrogen and oxygen atoms in total. The highest BCUT2D eigenvalue weighted by atomic mass is 32.2. The van der Waals surface area contributed by atoms with Crippen LogP contribution in [0.5, 0.6) is 0 Å². The van der Waals surface area contributed by atoms with Crippen LogP contribution >= 0.6 is 0 Å². The second-order valence-electron chi connectivity index (χ2n) is 7.29. The first-order valence-corrected chi connectivity index (χ1v) is 10.7. The molecule has 3 rings (SSSR count). The number of amides is 1. The summed E-state index contributed by atoms with van der Waals surface area (Å²) in [5.74, 6) is -0.557. The van der Waals surface area contributed by atoms with Crippen molar-refractivity contribution in [2.45, 2.75) is 25.2 Å². The number of Topliss-reactive ketones (excluding diaryl/α,β-unsaturated/α-hetero) is 1. The minimum absolute atomic E-state index is 0.0934. The number of ether oxygens (including phenoxy) is 1. The maximum atomic E-state index is 12.7. The van der Waals surface area contributed by atoms with Crippen LogP contribution in [0.1, 0.15) is 30.6 Å². The Bertz CT molecular complexity index is 872. The van der Waals surface area contributed by atoms with Gasteiger partial charge in [-0.25, -0.2) is 8.42 Å². The summed E-state index contributed by atoms with van der Waals surface area (Å²) in [5, 5.41) is 0. The van der Waals surface area contributed by atoms with Crippen molar-refractivity contribution < 1.29 is 27.5 Å². The molecule has 1 aromatic carbocycles. The summed E-state index contributed by atoms with van der Waals surface area (Å²) < 4.78 is 31.9. The van der Waals surface area contributed by atoms with Gasteiger partial charge < -0.3 is 9.64 Å². The van der Waals surface area contributed by atoms with E-state index in [-0.39, 0.29) is 61.3 Å². The van der Waals surface area contributed by atoms with Crippen LogP contribution in [0.25, 0.3) is 0 Å². The number of benzene rings is 1. The van der Waals surface area contributed by atoms with Gasteiger partial charge in [0.25, 0.3) is 5.91 Å². The van der Waals surface area contributed by atoms with E-state index in [1.807, 2.05) is 6.92 Å². The fourth-order valence-corrected chi connectivity index (χ4v) is 4.59. The van der Waals surface area contributed by atoms with Gasteiger partial charge in [-0.1, -0.05) is 19.1 Å². The van der Waals surface area contributed by atoms with Crippen molar-refractivity contribution in [1.29, 1.82) is 0 Å². The summed E-state index contributed by atoms with van der Waals surface area (Å²) >= 11 is 0. The number of nitrogens with zero attached hydrogens (tertiary/aromatic N) is 2. The molecule has 1 saturated heterocycles. The molecule has 2 aliphatic rings. The first-order chi connectivity index (χ1) is 13.2. The first kappa shape index (κ1) is 20.5. The van der Waals surface area contributed by atoms with Crippen LogP contribution in [0, 0.1) is 11.8 Å². The molecule has 1 aliphatic heterocycles. The standard InChI is InChI=1S/C19H24N2O6S/c1-13-11-17(13)19(24)27-12-18(23)20-7-9-21(10-8-20)28(25,26)16-5-3-15(4-6-16)14(2)22/h3-6,13,17H,7-12H2,1-2H3/t13-,17-/m1/s1. The van der Waals surface area contributed by atoms with E-state index in [1.54, 1.807) is 0 Å². The number of sulfonamides is 1. The van der Waals surface area contributed by atoms with Crippen molar-refractivity contribution in [3.63, 3.8) is 0 Å². The predicted octanol–water partition coefficient (Wildman–Crippen LogP) is 0.921. The molecule has 0 spiro atoms. The van der Waals surface area contributed by atoms with Gasteiger partial charge in [-0.3, -0.25) is 14.4 Å². The summed E-state index contributed by atoms with van der Waals surface area (Å²) in [6.45, 7) is 3.87. The van der Waals surface area contributed by atoms with Gasteiger partial charge in [0.1, 0.15) is 0 Å².